The Balaban J connectivity index is 1.75. The Kier molecular flexibility index (Phi) is 5.36. The summed E-state index contributed by atoms with van der Waals surface area (Å²) >= 11 is 0. The summed E-state index contributed by atoms with van der Waals surface area (Å²) in [6.07, 6.45) is 1.54. The minimum absolute atomic E-state index is 0.111. The number of methoxy groups -OCH3 is 2. The van der Waals surface area contributed by atoms with Gasteiger partial charge < -0.3 is 9.47 Å². The van der Waals surface area contributed by atoms with Gasteiger partial charge in [-0.2, -0.15) is 5.10 Å². The van der Waals surface area contributed by atoms with Crippen molar-refractivity contribution < 1.29 is 17.9 Å². The lowest BCUT2D eigenvalue weighted by atomic mass is 10.1. The van der Waals surface area contributed by atoms with Gasteiger partial charge >= 0.3 is 0 Å². The van der Waals surface area contributed by atoms with Crippen molar-refractivity contribution in [3.05, 3.63) is 41.5 Å². The summed E-state index contributed by atoms with van der Waals surface area (Å²) in [4.78, 5) is 4.42. The van der Waals surface area contributed by atoms with Gasteiger partial charge in [0, 0.05) is 13.7 Å². The third-order valence-corrected chi connectivity index (χ3v) is 5.36. The van der Waals surface area contributed by atoms with E-state index in [1.54, 1.807) is 43.2 Å². The van der Waals surface area contributed by atoms with E-state index in [1.807, 2.05) is 0 Å². The molecule has 2 aromatic rings. The number of sulfonamides is 1. The average molecular weight is 366 g/mol. The molecule has 8 nitrogen and oxygen atoms in total. The monoisotopic (exact) mass is 366 g/mol. The number of hydrogen-bond acceptors (Lipinski definition) is 6. The molecule has 0 amide bonds. The number of benzene rings is 1. The van der Waals surface area contributed by atoms with Crippen LogP contribution in [0.5, 0.6) is 5.75 Å². The van der Waals surface area contributed by atoms with E-state index >= 15 is 0 Å². The zero-order chi connectivity index (χ0) is 17.9. The van der Waals surface area contributed by atoms with Crippen LogP contribution in [0.15, 0.2) is 24.3 Å². The maximum Gasteiger partial charge on any atom is 0.216 e. The van der Waals surface area contributed by atoms with E-state index in [9.17, 15) is 8.42 Å². The minimum Gasteiger partial charge on any atom is -0.497 e. The summed E-state index contributed by atoms with van der Waals surface area (Å²) in [5, 5.41) is 4.36. The van der Waals surface area contributed by atoms with Crippen molar-refractivity contribution in [2.24, 2.45) is 0 Å². The van der Waals surface area contributed by atoms with Gasteiger partial charge in [-0.05, 0) is 30.5 Å². The SMILES string of the molecule is COCc1nc2n(n1)CCC[C@@H]2NS(=O)(=O)Cc1cccc(OC)c1. The summed E-state index contributed by atoms with van der Waals surface area (Å²) in [6, 6.07) is 6.67. The van der Waals surface area contributed by atoms with Crippen molar-refractivity contribution in [2.45, 2.75) is 37.8 Å². The minimum atomic E-state index is -3.52. The van der Waals surface area contributed by atoms with Gasteiger partial charge in [0.1, 0.15) is 18.2 Å². The summed E-state index contributed by atoms with van der Waals surface area (Å²) in [5.74, 6) is 1.73. The van der Waals surface area contributed by atoms with E-state index in [4.69, 9.17) is 9.47 Å². The van der Waals surface area contributed by atoms with E-state index < -0.39 is 10.0 Å². The van der Waals surface area contributed by atoms with E-state index in [1.165, 1.54) is 0 Å². The van der Waals surface area contributed by atoms with Gasteiger partial charge in [-0.1, -0.05) is 12.1 Å². The van der Waals surface area contributed by atoms with Crippen molar-refractivity contribution in [1.29, 1.82) is 0 Å². The molecule has 0 aliphatic carbocycles. The van der Waals surface area contributed by atoms with Crippen molar-refractivity contribution >= 4 is 10.0 Å². The van der Waals surface area contributed by atoms with E-state index in [0.717, 1.165) is 13.0 Å². The van der Waals surface area contributed by atoms with Crippen molar-refractivity contribution in [1.82, 2.24) is 19.5 Å². The molecule has 2 heterocycles. The molecule has 1 aromatic heterocycles. The van der Waals surface area contributed by atoms with Crippen LogP contribution in [0.4, 0.5) is 0 Å². The number of nitrogens with one attached hydrogen (secondary N) is 1. The van der Waals surface area contributed by atoms with Gasteiger partial charge in [-0.25, -0.2) is 22.8 Å². The third kappa shape index (κ3) is 4.36. The Morgan fingerprint density at radius 1 is 1.36 bits per heavy atom. The normalized spacial score (nSPS) is 17.3. The number of fused-ring (bicyclic) bond motifs is 1. The number of ether oxygens (including phenoxy) is 2. The Hall–Kier alpha value is -1.97. The summed E-state index contributed by atoms with van der Waals surface area (Å²) < 4.78 is 39.9. The number of aromatic nitrogens is 3. The van der Waals surface area contributed by atoms with Crippen LogP contribution >= 0.6 is 0 Å². The topological polar surface area (TPSA) is 95.3 Å². The molecule has 1 N–H and O–H groups in total. The van der Waals surface area contributed by atoms with Crippen molar-refractivity contribution in [3.63, 3.8) is 0 Å². The van der Waals surface area contributed by atoms with Crippen LogP contribution in [0.1, 0.15) is 36.1 Å². The summed E-state index contributed by atoms with van der Waals surface area (Å²) in [5.41, 5.74) is 0.671. The highest BCUT2D eigenvalue weighted by Crippen LogP contribution is 2.25. The Labute approximate surface area is 147 Å². The van der Waals surface area contributed by atoms with Gasteiger partial charge in [0.2, 0.25) is 10.0 Å². The van der Waals surface area contributed by atoms with Crippen LogP contribution < -0.4 is 9.46 Å². The first-order chi connectivity index (χ1) is 12.0. The average Bonchev–Trinajstić information content (AvgIpc) is 2.98. The lowest BCUT2D eigenvalue weighted by molar-refractivity contribution is 0.177. The standard InChI is InChI=1S/C16H22N4O4S/c1-23-10-15-17-16-14(7-4-8-20(16)18-15)19-25(21,22)11-12-5-3-6-13(9-12)24-2/h3,5-6,9,14,19H,4,7-8,10-11H2,1-2H3/t14-/m0/s1. The van der Waals surface area contributed by atoms with Crippen LogP contribution in [0, 0.1) is 0 Å². The molecule has 0 radical (unpaired) electrons. The molecular formula is C16H22N4O4S. The third-order valence-electron chi connectivity index (χ3n) is 4.00. The summed E-state index contributed by atoms with van der Waals surface area (Å²) in [6.45, 7) is 1.05. The quantitative estimate of drug-likeness (QED) is 0.796. The Morgan fingerprint density at radius 2 is 2.20 bits per heavy atom. The molecule has 3 rings (SSSR count). The molecule has 0 saturated heterocycles. The number of aryl methyl sites for hydroxylation is 1. The molecule has 1 atom stereocenters. The lowest BCUT2D eigenvalue weighted by Gasteiger charge is -2.23. The fourth-order valence-corrected chi connectivity index (χ4v) is 4.30. The number of hydrogen-bond donors (Lipinski definition) is 1. The zero-order valence-electron chi connectivity index (χ0n) is 14.3. The van der Waals surface area contributed by atoms with Gasteiger partial charge in [0.05, 0.1) is 18.9 Å². The molecule has 0 saturated carbocycles. The van der Waals surface area contributed by atoms with Gasteiger partial charge in [0.25, 0.3) is 0 Å². The predicted octanol–water partition coefficient (Wildman–Crippen LogP) is 1.39. The first kappa shape index (κ1) is 17.8. The molecule has 0 fully saturated rings. The van der Waals surface area contributed by atoms with Crippen LogP contribution in [-0.2, 0) is 33.7 Å². The highest BCUT2D eigenvalue weighted by molar-refractivity contribution is 7.88. The first-order valence-electron chi connectivity index (χ1n) is 8.06. The molecule has 0 spiro atoms. The maximum atomic E-state index is 12.6. The molecule has 1 aliphatic rings. The van der Waals surface area contributed by atoms with Gasteiger partial charge in [-0.15, -0.1) is 0 Å². The van der Waals surface area contributed by atoms with E-state index in [0.29, 0.717) is 36.0 Å². The predicted molar refractivity (Wildman–Crippen MR) is 91.5 cm³/mol. The molecule has 1 aliphatic heterocycles. The fourth-order valence-electron chi connectivity index (χ4n) is 2.94. The molecule has 0 unspecified atom stereocenters. The van der Waals surface area contributed by atoms with Crippen LogP contribution in [-0.4, -0.2) is 37.4 Å². The van der Waals surface area contributed by atoms with Crippen molar-refractivity contribution in [3.8, 4) is 5.75 Å². The molecule has 136 valence electrons. The Bertz CT molecular complexity index is 834. The van der Waals surface area contributed by atoms with Crippen LogP contribution in [0.2, 0.25) is 0 Å². The smallest absolute Gasteiger partial charge is 0.216 e. The second-order valence-corrected chi connectivity index (χ2v) is 7.72. The Morgan fingerprint density at radius 3 is 2.96 bits per heavy atom. The molecular weight excluding hydrogens is 344 g/mol. The highest BCUT2D eigenvalue weighted by Gasteiger charge is 2.28. The number of rotatable bonds is 7. The van der Waals surface area contributed by atoms with Crippen LogP contribution in [0.3, 0.4) is 0 Å². The van der Waals surface area contributed by atoms with Crippen molar-refractivity contribution in [2.75, 3.05) is 14.2 Å². The molecule has 25 heavy (non-hydrogen) atoms. The first-order valence-corrected chi connectivity index (χ1v) is 9.71. The lowest BCUT2D eigenvalue weighted by Crippen LogP contribution is -2.34. The summed E-state index contributed by atoms with van der Waals surface area (Å²) in [7, 11) is -0.391. The fraction of sp³-hybridized carbons (Fsp3) is 0.500. The van der Waals surface area contributed by atoms with Gasteiger partial charge in [-0.3, -0.25) is 0 Å². The van der Waals surface area contributed by atoms with Crippen LogP contribution in [0.25, 0.3) is 0 Å². The highest BCUT2D eigenvalue weighted by atomic mass is 32.2. The zero-order valence-corrected chi connectivity index (χ0v) is 15.1. The molecule has 9 heteroatoms. The maximum absolute atomic E-state index is 12.6. The largest absolute Gasteiger partial charge is 0.497 e. The molecule has 1 aromatic carbocycles. The van der Waals surface area contributed by atoms with Gasteiger partial charge in [0.15, 0.2) is 5.82 Å². The second-order valence-electron chi connectivity index (χ2n) is 5.97. The van der Waals surface area contributed by atoms with E-state index in [-0.39, 0.29) is 11.8 Å². The molecule has 0 bridgehead atoms. The second kappa shape index (κ2) is 7.51. The van der Waals surface area contributed by atoms with E-state index in [2.05, 4.69) is 14.8 Å². The number of nitrogens with zero attached hydrogens (tertiary/aromatic N) is 3.